The Bertz CT molecular complexity index is 1220. The van der Waals surface area contributed by atoms with Crippen LogP contribution in [0.1, 0.15) is 44.1 Å². The fourth-order valence-corrected chi connectivity index (χ4v) is 7.09. The van der Waals surface area contributed by atoms with Crippen molar-refractivity contribution >= 4 is 28.2 Å². The molecule has 4 saturated carbocycles. The minimum atomic E-state index is 0.440. The highest BCUT2D eigenvalue weighted by molar-refractivity contribution is 5.92. The van der Waals surface area contributed by atoms with Gasteiger partial charge in [-0.2, -0.15) is 0 Å². The summed E-state index contributed by atoms with van der Waals surface area (Å²) in [4.78, 5) is 4.82. The molecule has 0 aliphatic heterocycles. The van der Waals surface area contributed by atoms with Crippen LogP contribution >= 0.6 is 0 Å². The smallest absolute Gasteiger partial charge is 0.215 e. The fourth-order valence-electron chi connectivity index (χ4n) is 7.09. The van der Waals surface area contributed by atoms with Gasteiger partial charge in [0.25, 0.3) is 0 Å². The number of hydrogen-bond donors (Lipinski definition) is 1. The summed E-state index contributed by atoms with van der Waals surface area (Å²) in [7, 11) is 0. The SMILES string of the molecule is c1ccc2c(c1)nc(Nc1ccc(C34CC5CC(CC(C5)C3)C4)cc1)n1cnnc21. The van der Waals surface area contributed by atoms with Crippen LogP contribution in [0.2, 0.25) is 0 Å². The fraction of sp³-hybridized carbons (Fsp3) is 0.400. The van der Waals surface area contributed by atoms with E-state index in [-0.39, 0.29) is 0 Å². The Morgan fingerprint density at radius 2 is 1.57 bits per heavy atom. The number of hydrogen-bond acceptors (Lipinski definition) is 4. The summed E-state index contributed by atoms with van der Waals surface area (Å²) in [5.41, 5.74) is 4.80. The first-order valence-electron chi connectivity index (χ1n) is 11.2. The molecule has 2 heterocycles. The van der Waals surface area contributed by atoms with E-state index in [0.29, 0.717) is 5.41 Å². The predicted octanol–water partition coefficient (Wildman–Crippen LogP) is 5.49. The summed E-state index contributed by atoms with van der Waals surface area (Å²) in [5.74, 6) is 3.66. The van der Waals surface area contributed by atoms with Crippen LogP contribution in [0.5, 0.6) is 0 Å². The largest absolute Gasteiger partial charge is 0.325 e. The van der Waals surface area contributed by atoms with Gasteiger partial charge < -0.3 is 5.32 Å². The quantitative estimate of drug-likeness (QED) is 0.498. The lowest BCUT2D eigenvalue weighted by Crippen LogP contribution is -2.48. The van der Waals surface area contributed by atoms with Crippen molar-refractivity contribution in [2.24, 2.45) is 17.8 Å². The highest BCUT2D eigenvalue weighted by Crippen LogP contribution is 2.60. The van der Waals surface area contributed by atoms with E-state index in [1.54, 1.807) is 11.9 Å². The van der Waals surface area contributed by atoms with Crippen LogP contribution < -0.4 is 5.32 Å². The van der Waals surface area contributed by atoms with Crippen LogP contribution in [-0.4, -0.2) is 19.6 Å². The number of aromatic nitrogens is 4. The highest BCUT2D eigenvalue weighted by Gasteiger charge is 2.51. The normalized spacial score (nSPS) is 29.7. The van der Waals surface area contributed by atoms with Gasteiger partial charge in [-0.1, -0.05) is 24.3 Å². The van der Waals surface area contributed by atoms with Gasteiger partial charge in [-0.05, 0) is 91.5 Å². The van der Waals surface area contributed by atoms with Gasteiger partial charge in [0, 0.05) is 11.1 Å². The topological polar surface area (TPSA) is 55.1 Å². The maximum atomic E-state index is 4.82. The molecule has 0 saturated heterocycles. The summed E-state index contributed by atoms with van der Waals surface area (Å²) in [6, 6.07) is 17.2. The summed E-state index contributed by atoms with van der Waals surface area (Å²) in [6.45, 7) is 0. The zero-order chi connectivity index (χ0) is 19.7. The minimum absolute atomic E-state index is 0.440. The second-order valence-corrected chi connectivity index (χ2v) is 9.88. The number of nitrogens with zero attached hydrogens (tertiary/aromatic N) is 4. The zero-order valence-electron chi connectivity index (χ0n) is 17.0. The first kappa shape index (κ1) is 16.8. The maximum Gasteiger partial charge on any atom is 0.215 e. The molecule has 0 amide bonds. The second-order valence-electron chi connectivity index (χ2n) is 9.88. The summed E-state index contributed by atoms with van der Waals surface area (Å²) in [5, 5.41) is 12.9. The molecule has 4 bridgehead atoms. The van der Waals surface area contributed by atoms with Gasteiger partial charge in [-0.3, -0.25) is 4.40 Å². The third-order valence-corrected chi connectivity index (χ3v) is 7.94. The van der Waals surface area contributed by atoms with Crippen LogP contribution in [0.15, 0.2) is 54.9 Å². The lowest BCUT2D eigenvalue weighted by atomic mass is 9.48. The summed E-state index contributed by atoms with van der Waals surface area (Å²) in [6.07, 6.45) is 10.4. The van der Waals surface area contributed by atoms with Crippen LogP contribution in [0.3, 0.4) is 0 Å². The second kappa shape index (κ2) is 6.03. The number of para-hydroxylation sites is 1. The van der Waals surface area contributed by atoms with E-state index < -0.39 is 0 Å². The lowest BCUT2D eigenvalue weighted by molar-refractivity contribution is -0.00518. The molecule has 0 atom stereocenters. The van der Waals surface area contributed by atoms with Crippen LogP contribution in [0.4, 0.5) is 11.6 Å². The number of nitrogens with one attached hydrogen (secondary N) is 1. The van der Waals surface area contributed by atoms with Crippen LogP contribution in [0, 0.1) is 17.8 Å². The van der Waals surface area contributed by atoms with E-state index >= 15 is 0 Å². The molecule has 4 aromatic rings. The standard InChI is InChI=1S/C25H25N5/c1-2-4-22-21(3-1)23-29-26-15-30(23)24(28-22)27-20-7-5-19(6-8-20)25-12-16-9-17(13-25)11-18(10-16)14-25/h1-8,15-18H,9-14H2,(H,27,28). The van der Waals surface area contributed by atoms with Gasteiger partial charge in [0.1, 0.15) is 6.33 Å². The molecule has 0 unspecified atom stereocenters. The first-order valence-corrected chi connectivity index (χ1v) is 11.2. The monoisotopic (exact) mass is 395 g/mol. The third kappa shape index (κ3) is 2.44. The molecule has 5 heteroatoms. The third-order valence-electron chi connectivity index (χ3n) is 7.94. The predicted molar refractivity (Wildman–Crippen MR) is 118 cm³/mol. The Morgan fingerprint density at radius 3 is 2.30 bits per heavy atom. The van der Waals surface area contributed by atoms with E-state index in [2.05, 4.69) is 39.8 Å². The Hall–Kier alpha value is -2.95. The van der Waals surface area contributed by atoms with Crippen molar-refractivity contribution in [3.05, 3.63) is 60.4 Å². The van der Waals surface area contributed by atoms with Gasteiger partial charge in [0.2, 0.25) is 5.95 Å². The van der Waals surface area contributed by atoms with Crippen molar-refractivity contribution < 1.29 is 0 Å². The molecule has 0 radical (unpaired) electrons. The molecule has 2 aromatic carbocycles. The first-order chi connectivity index (χ1) is 14.8. The Labute approximate surface area is 175 Å². The van der Waals surface area contributed by atoms with Gasteiger partial charge in [-0.15, -0.1) is 10.2 Å². The Kier molecular flexibility index (Phi) is 3.38. The molecular formula is C25H25N5. The Balaban J connectivity index is 1.23. The number of anilines is 2. The van der Waals surface area contributed by atoms with E-state index in [9.17, 15) is 0 Å². The Morgan fingerprint density at radius 1 is 0.867 bits per heavy atom. The van der Waals surface area contributed by atoms with Crippen molar-refractivity contribution in [3.8, 4) is 0 Å². The van der Waals surface area contributed by atoms with Crippen molar-refractivity contribution in [3.63, 3.8) is 0 Å². The molecule has 4 aliphatic rings. The summed E-state index contributed by atoms with van der Waals surface area (Å²) >= 11 is 0. The molecule has 8 rings (SSSR count). The molecule has 2 aromatic heterocycles. The average Bonchev–Trinajstić information content (AvgIpc) is 3.24. The van der Waals surface area contributed by atoms with Crippen LogP contribution in [0.25, 0.3) is 16.6 Å². The molecule has 150 valence electrons. The van der Waals surface area contributed by atoms with Crippen molar-refractivity contribution in [2.45, 2.75) is 43.9 Å². The van der Waals surface area contributed by atoms with E-state index in [4.69, 9.17) is 4.98 Å². The van der Waals surface area contributed by atoms with E-state index in [1.165, 1.54) is 38.5 Å². The molecule has 1 N–H and O–H groups in total. The lowest BCUT2D eigenvalue weighted by Gasteiger charge is -2.57. The highest BCUT2D eigenvalue weighted by atomic mass is 15.3. The molecule has 30 heavy (non-hydrogen) atoms. The van der Waals surface area contributed by atoms with Crippen LogP contribution in [-0.2, 0) is 5.41 Å². The molecule has 5 nitrogen and oxygen atoms in total. The maximum absolute atomic E-state index is 4.82. The molecular weight excluding hydrogens is 370 g/mol. The van der Waals surface area contributed by atoms with Crippen molar-refractivity contribution in [1.29, 1.82) is 0 Å². The van der Waals surface area contributed by atoms with Gasteiger partial charge in [0.15, 0.2) is 5.65 Å². The number of rotatable bonds is 3. The van der Waals surface area contributed by atoms with Gasteiger partial charge >= 0.3 is 0 Å². The van der Waals surface area contributed by atoms with Crippen molar-refractivity contribution in [2.75, 3.05) is 5.32 Å². The average molecular weight is 396 g/mol. The summed E-state index contributed by atoms with van der Waals surface area (Å²) < 4.78 is 1.93. The van der Waals surface area contributed by atoms with Gasteiger partial charge in [-0.25, -0.2) is 4.98 Å². The molecule has 4 fully saturated rings. The zero-order valence-corrected chi connectivity index (χ0v) is 17.0. The van der Waals surface area contributed by atoms with Gasteiger partial charge in [0.05, 0.1) is 5.52 Å². The molecule has 4 aliphatic carbocycles. The molecule has 0 spiro atoms. The number of fused-ring (bicyclic) bond motifs is 3. The van der Waals surface area contributed by atoms with E-state index in [0.717, 1.165) is 45.9 Å². The van der Waals surface area contributed by atoms with E-state index in [1.807, 2.05) is 28.7 Å². The van der Waals surface area contributed by atoms with Crippen molar-refractivity contribution in [1.82, 2.24) is 19.6 Å². The minimum Gasteiger partial charge on any atom is -0.325 e. The number of benzene rings is 2.